The molecule has 104 valence electrons. The summed E-state index contributed by atoms with van der Waals surface area (Å²) in [5, 5.41) is 13.4. The molecule has 0 unspecified atom stereocenters. The molecule has 4 nitrogen and oxygen atoms in total. The summed E-state index contributed by atoms with van der Waals surface area (Å²) in [5.74, 6) is 0.0919. The fourth-order valence-corrected chi connectivity index (χ4v) is 2.34. The minimum Gasteiger partial charge on any atom is -0.387 e. The first-order chi connectivity index (χ1) is 8.90. The minimum atomic E-state index is -0.648. The molecule has 1 aromatic rings. The van der Waals surface area contributed by atoms with Gasteiger partial charge in [-0.2, -0.15) is 0 Å². The second-order valence-corrected chi connectivity index (χ2v) is 5.84. The maximum Gasteiger partial charge on any atom is 0.238 e. The highest BCUT2D eigenvalue weighted by Crippen LogP contribution is 2.28. The van der Waals surface area contributed by atoms with Crippen LogP contribution in [0.15, 0.2) is 24.3 Å². The third-order valence-electron chi connectivity index (χ3n) is 3.58. The van der Waals surface area contributed by atoms with Crippen LogP contribution in [0.4, 0.5) is 5.69 Å². The van der Waals surface area contributed by atoms with Gasteiger partial charge in [-0.3, -0.25) is 9.69 Å². The van der Waals surface area contributed by atoms with Crippen LogP contribution in [0.3, 0.4) is 0 Å². The van der Waals surface area contributed by atoms with E-state index in [1.54, 1.807) is 12.1 Å². The SMILES string of the molecule is CC(C)C1(O)CN(CC(=O)Nc2ccccc2Cl)C1. The summed E-state index contributed by atoms with van der Waals surface area (Å²) >= 11 is 5.97. The van der Waals surface area contributed by atoms with E-state index in [-0.39, 0.29) is 18.4 Å². The Kier molecular flexibility index (Phi) is 4.13. The largest absolute Gasteiger partial charge is 0.387 e. The van der Waals surface area contributed by atoms with Crippen LogP contribution >= 0.6 is 11.6 Å². The van der Waals surface area contributed by atoms with Crippen LogP contribution in [0.1, 0.15) is 13.8 Å². The average Bonchev–Trinajstić information content (AvgIpc) is 2.29. The van der Waals surface area contributed by atoms with Crippen molar-refractivity contribution in [2.45, 2.75) is 19.4 Å². The molecule has 0 bridgehead atoms. The molecule has 1 heterocycles. The Bertz CT molecular complexity index is 470. The highest BCUT2D eigenvalue weighted by molar-refractivity contribution is 6.33. The summed E-state index contributed by atoms with van der Waals surface area (Å²) in [7, 11) is 0. The number of nitrogens with zero attached hydrogens (tertiary/aromatic N) is 1. The molecule has 1 aliphatic heterocycles. The molecule has 2 rings (SSSR count). The van der Waals surface area contributed by atoms with Gasteiger partial charge in [0.25, 0.3) is 0 Å². The molecule has 1 fully saturated rings. The van der Waals surface area contributed by atoms with Crippen molar-refractivity contribution in [3.63, 3.8) is 0 Å². The number of anilines is 1. The van der Waals surface area contributed by atoms with Crippen LogP contribution in [-0.4, -0.2) is 41.1 Å². The Balaban J connectivity index is 1.83. The monoisotopic (exact) mass is 282 g/mol. The standard InChI is InChI=1S/C14H19ClN2O2/c1-10(2)14(19)8-17(9-14)7-13(18)16-12-6-4-3-5-11(12)15/h3-6,10,19H,7-9H2,1-2H3,(H,16,18). The van der Waals surface area contributed by atoms with E-state index < -0.39 is 5.60 Å². The lowest BCUT2D eigenvalue weighted by atomic mass is 9.83. The van der Waals surface area contributed by atoms with Crippen molar-refractivity contribution in [2.24, 2.45) is 5.92 Å². The number of hydrogen-bond donors (Lipinski definition) is 2. The van der Waals surface area contributed by atoms with Gasteiger partial charge >= 0.3 is 0 Å². The molecule has 0 aromatic heterocycles. The van der Waals surface area contributed by atoms with Gasteiger partial charge in [0, 0.05) is 13.1 Å². The van der Waals surface area contributed by atoms with Crippen molar-refractivity contribution in [1.82, 2.24) is 4.90 Å². The second-order valence-electron chi connectivity index (χ2n) is 5.43. The number of para-hydroxylation sites is 1. The number of carbonyl (C=O) groups is 1. The fraction of sp³-hybridized carbons (Fsp3) is 0.500. The molecule has 2 N–H and O–H groups in total. The van der Waals surface area contributed by atoms with E-state index in [4.69, 9.17) is 11.6 Å². The van der Waals surface area contributed by atoms with Crippen molar-refractivity contribution in [1.29, 1.82) is 0 Å². The van der Waals surface area contributed by atoms with Crippen LogP contribution in [0.5, 0.6) is 0 Å². The third-order valence-corrected chi connectivity index (χ3v) is 3.91. The first kappa shape index (κ1) is 14.3. The van der Waals surface area contributed by atoms with Gasteiger partial charge in [0.15, 0.2) is 0 Å². The number of hydrogen-bond acceptors (Lipinski definition) is 3. The van der Waals surface area contributed by atoms with E-state index in [9.17, 15) is 9.90 Å². The first-order valence-electron chi connectivity index (χ1n) is 6.40. The van der Waals surface area contributed by atoms with E-state index >= 15 is 0 Å². The fourth-order valence-electron chi connectivity index (χ4n) is 2.16. The Morgan fingerprint density at radius 2 is 2.11 bits per heavy atom. The third kappa shape index (κ3) is 3.26. The highest BCUT2D eigenvalue weighted by Gasteiger charge is 2.43. The molecule has 19 heavy (non-hydrogen) atoms. The molecule has 1 amide bonds. The maximum absolute atomic E-state index is 11.9. The quantitative estimate of drug-likeness (QED) is 0.888. The van der Waals surface area contributed by atoms with E-state index in [2.05, 4.69) is 5.32 Å². The number of halogens is 1. The topological polar surface area (TPSA) is 52.6 Å². The number of amides is 1. The van der Waals surface area contributed by atoms with Crippen LogP contribution in [0.25, 0.3) is 0 Å². The van der Waals surface area contributed by atoms with Gasteiger partial charge in [0.1, 0.15) is 0 Å². The van der Waals surface area contributed by atoms with E-state index in [0.29, 0.717) is 23.8 Å². The number of carbonyl (C=O) groups excluding carboxylic acids is 1. The molecular weight excluding hydrogens is 264 g/mol. The highest BCUT2D eigenvalue weighted by atomic mass is 35.5. The van der Waals surface area contributed by atoms with Crippen molar-refractivity contribution >= 4 is 23.2 Å². The summed E-state index contributed by atoms with van der Waals surface area (Å²) in [4.78, 5) is 13.8. The molecule has 1 aromatic carbocycles. The van der Waals surface area contributed by atoms with Gasteiger partial charge in [-0.1, -0.05) is 37.6 Å². The van der Waals surface area contributed by atoms with Crippen LogP contribution < -0.4 is 5.32 Å². The van der Waals surface area contributed by atoms with E-state index in [1.807, 2.05) is 30.9 Å². The van der Waals surface area contributed by atoms with Gasteiger partial charge in [-0.05, 0) is 18.1 Å². The van der Waals surface area contributed by atoms with Gasteiger partial charge in [0.05, 0.1) is 22.9 Å². The predicted molar refractivity (Wildman–Crippen MR) is 76.3 cm³/mol. The number of aliphatic hydroxyl groups is 1. The van der Waals surface area contributed by atoms with Crippen LogP contribution in [0.2, 0.25) is 5.02 Å². The van der Waals surface area contributed by atoms with E-state index in [0.717, 1.165) is 0 Å². The van der Waals surface area contributed by atoms with Crippen molar-refractivity contribution in [3.05, 3.63) is 29.3 Å². The average molecular weight is 283 g/mol. The molecule has 5 heteroatoms. The normalized spacial score (nSPS) is 18.2. The number of rotatable bonds is 4. The number of β-amino-alcohol motifs (C(OH)–C–C–N with tert-alkyl or cyclic N) is 1. The lowest BCUT2D eigenvalue weighted by Crippen LogP contribution is -2.65. The summed E-state index contributed by atoms with van der Waals surface area (Å²) in [6, 6.07) is 7.14. The molecule has 1 aliphatic rings. The Morgan fingerprint density at radius 3 is 2.68 bits per heavy atom. The smallest absolute Gasteiger partial charge is 0.238 e. The summed E-state index contributed by atoms with van der Waals surface area (Å²) in [6.45, 7) is 5.34. The lowest BCUT2D eigenvalue weighted by molar-refractivity contribution is -0.139. The molecule has 0 aliphatic carbocycles. The molecule has 0 spiro atoms. The molecule has 0 atom stereocenters. The van der Waals surface area contributed by atoms with Gasteiger partial charge < -0.3 is 10.4 Å². The Labute approximate surface area is 118 Å². The Hall–Kier alpha value is -1.10. The number of nitrogens with one attached hydrogen (secondary N) is 1. The van der Waals surface area contributed by atoms with Crippen molar-refractivity contribution in [2.75, 3.05) is 25.0 Å². The Morgan fingerprint density at radius 1 is 1.47 bits per heavy atom. The molecule has 1 saturated heterocycles. The van der Waals surface area contributed by atoms with Crippen LogP contribution in [0, 0.1) is 5.92 Å². The number of likely N-dealkylation sites (tertiary alicyclic amines) is 1. The summed E-state index contributed by atoms with van der Waals surface area (Å²) in [6.07, 6.45) is 0. The molecular formula is C14H19ClN2O2. The zero-order valence-electron chi connectivity index (χ0n) is 11.2. The zero-order valence-corrected chi connectivity index (χ0v) is 11.9. The van der Waals surface area contributed by atoms with Gasteiger partial charge in [-0.15, -0.1) is 0 Å². The van der Waals surface area contributed by atoms with E-state index in [1.165, 1.54) is 0 Å². The lowest BCUT2D eigenvalue weighted by Gasteiger charge is -2.48. The number of benzene rings is 1. The predicted octanol–water partition coefficient (Wildman–Crippen LogP) is 1.98. The van der Waals surface area contributed by atoms with Crippen molar-refractivity contribution < 1.29 is 9.90 Å². The van der Waals surface area contributed by atoms with Crippen LogP contribution in [-0.2, 0) is 4.79 Å². The molecule has 0 saturated carbocycles. The zero-order chi connectivity index (χ0) is 14.0. The van der Waals surface area contributed by atoms with Gasteiger partial charge in [0.2, 0.25) is 5.91 Å². The summed E-state index contributed by atoms with van der Waals surface area (Å²) < 4.78 is 0. The minimum absolute atomic E-state index is 0.112. The second kappa shape index (κ2) is 5.49. The first-order valence-corrected chi connectivity index (χ1v) is 6.77. The maximum atomic E-state index is 11.9. The van der Waals surface area contributed by atoms with Crippen molar-refractivity contribution in [3.8, 4) is 0 Å². The van der Waals surface area contributed by atoms with Gasteiger partial charge in [-0.25, -0.2) is 0 Å². The molecule has 0 radical (unpaired) electrons. The summed E-state index contributed by atoms with van der Waals surface area (Å²) in [5.41, 5.74) is -0.0289.